The van der Waals surface area contributed by atoms with Crippen LogP contribution in [0.3, 0.4) is 0 Å². The number of para-hydroxylation sites is 2. The minimum absolute atomic E-state index is 0. The van der Waals surface area contributed by atoms with Gasteiger partial charge >= 0.3 is 5.56 Å². The second-order valence-electron chi connectivity index (χ2n) is 6.04. The normalized spacial score (nSPS) is 11.2. The fourth-order valence-corrected chi connectivity index (χ4v) is 2.92. The Morgan fingerprint density at radius 3 is 2.64 bits per heavy atom. The van der Waals surface area contributed by atoms with Crippen molar-refractivity contribution in [2.75, 3.05) is 0 Å². The van der Waals surface area contributed by atoms with Crippen LogP contribution in [0.15, 0.2) is 53.3 Å². The van der Waals surface area contributed by atoms with Crippen LogP contribution in [0.5, 0.6) is 0 Å². The molecule has 2 aromatic carbocycles. The molecule has 0 fully saturated rings. The Labute approximate surface area is 142 Å². The largest absolute Gasteiger partial charge is 0.870 e. The van der Waals surface area contributed by atoms with Crippen LogP contribution in [0, 0.1) is 5.82 Å². The molecule has 0 amide bonds. The summed E-state index contributed by atoms with van der Waals surface area (Å²) < 4.78 is 16.6. The third-order valence-corrected chi connectivity index (χ3v) is 4.05. The molecule has 0 radical (unpaired) electrons. The maximum Gasteiger partial charge on any atom is 0.408 e. The molecule has 0 atom stereocenters. The molecule has 6 nitrogen and oxygen atoms in total. The molecule has 4 aromatic rings. The Hall–Kier alpha value is -3.06. The molecule has 25 heavy (non-hydrogen) atoms. The van der Waals surface area contributed by atoms with Crippen molar-refractivity contribution in [3.8, 4) is 5.69 Å². The zero-order chi connectivity index (χ0) is 16.8. The zero-order valence-electron chi connectivity index (χ0n) is 13.8. The molecule has 0 unspecified atom stereocenters. The second-order valence-corrected chi connectivity index (χ2v) is 6.04. The summed E-state index contributed by atoms with van der Waals surface area (Å²) >= 11 is 0. The van der Waals surface area contributed by atoms with Crippen LogP contribution in [-0.4, -0.2) is 20.4 Å². The van der Waals surface area contributed by atoms with Crippen molar-refractivity contribution in [3.05, 3.63) is 70.4 Å². The topological polar surface area (TPSA) is 84.8 Å². The van der Waals surface area contributed by atoms with Gasteiger partial charge in [-0.05, 0) is 24.3 Å². The van der Waals surface area contributed by atoms with Crippen LogP contribution in [0.2, 0.25) is 0 Å². The highest BCUT2D eigenvalue weighted by Gasteiger charge is 2.25. The van der Waals surface area contributed by atoms with Gasteiger partial charge in [0.05, 0.1) is 0 Å². The van der Waals surface area contributed by atoms with Gasteiger partial charge in [0.2, 0.25) is 0 Å². The van der Waals surface area contributed by atoms with E-state index in [1.54, 1.807) is 16.6 Å². The van der Waals surface area contributed by atoms with Crippen molar-refractivity contribution in [3.63, 3.8) is 0 Å². The van der Waals surface area contributed by atoms with Crippen LogP contribution in [0.4, 0.5) is 4.39 Å². The Morgan fingerprint density at radius 2 is 1.92 bits per heavy atom. The highest BCUT2D eigenvalue weighted by molar-refractivity contribution is 5.73. The van der Waals surface area contributed by atoms with E-state index in [1.807, 2.05) is 38.1 Å². The monoisotopic (exact) mass is 340 g/mol. The Bertz CT molecular complexity index is 1130. The maximum atomic E-state index is 13.6. The summed E-state index contributed by atoms with van der Waals surface area (Å²) in [5, 5.41) is 3.06. The number of fused-ring (bicyclic) bond motifs is 3. The third kappa shape index (κ3) is 2.58. The molecule has 0 bridgehead atoms. The second kappa shape index (κ2) is 6.10. The van der Waals surface area contributed by atoms with Gasteiger partial charge in [-0.25, -0.2) is 14.2 Å². The van der Waals surface area contributed by atoms with Crippen LogP contribution >= 0.6 is 0 Å². The van der Waals surface area contributed by atoms with Gasteiger partial charge in [0.15, 0.2) is 11.2 Å². The summed E-state index contributed by atoms with van der Waals surface area (Å²) in [4.78, 5) is 17.6. The third-order valence-electron chi connectivity index (χ3n) is 4.05. The highest BCUT2D eigenvalue weighted by Crippen LogP contribution is 2.18. The van der Waals surface area contributed by atoms with Crippen LogP contribution in [-0.2, 0) is 0 Å². The number of rotatable bonds is 2. The fraction of sp³-hybridized carbons (Fsp3) is 0.167. The van der Waals surface area contributed by atoms with Gasteiger partial charge in [-0.1, -0.05) is 41.9 Å². The van der Waals surface area contributed by atoms with Crippen LogP contribution in [0.1, 0.15) is 25.5 Å². The molecule has 2 N–H and O–H groups in total. The van der Waals surface area contributed by atoms with E-state index in [9.17, 15) is 9.18 Å². The number of benzene rings is 2. The number of nitrogens with one attached hydrogen (secondary N) is 1. The summed E-state index contributed by atoms with van der Waals surface area (Å²) in [5.41, 5.74) is 2.98. The molecular weight excluding hydrogens is 323 g/mol. The van der Waals surface area contributed by atoms with E-state index < -0.39 is 5.82 Å². The lowest BCUT2D eigenvalue weighted by Gasteiger charge is -2.04. The van der Waals surface area contributed by atoms with Crippen molar-refractivity contribution >= 4 is 16.6 Å². The van der Waals surface area contributed by atoms with Crippen LogP contribution < -0.4 is 10.1 Å². The predicted molar refractivity (Wildman–Crippen MR) is 90.8 cm³/mol. The summed E-state index contributed by atoms with van der Waals surface area (Å²) in [7, 11) is 0. The Kier molecular flexibility index (Phi) is 4.10. The Morgan fingerprint density at radius 1 is 1.16 bits per heavy atom. The number of H-pyrrole nitrogens is 1. The lowest BCUT2D eigenvalue weighted by atomic mass is 10.1. The molecule has 0 saturated carbocycles. The van der Waals surface area contributed by atoms with Crippen LogP contribution in [0.25, 0.3) is 22.2 Å². The van der Waals surface area contributed by atoms with Crippen molar-refractivity contribution in [2.24, 2.45) is 0 Å². The van der Waals surface area contributed by atoms with Gasteiger partial charge < -0.3 is 5.48 Å². The number of aromatic nitrogens is 4. The van der Waals surface area contributed by atoms with Crippen molar-refractivity contribution in [1.82, 2.24) is 14.9 Å². The first-order valence-electron chi connectivity index (χ1n) is 7.77. The van der Waals surface area contributed by atoms with E-state index in [1.165, 1.54) is 16.8 Å². The quantitative estimate of drug-likeness (QED) is 0.569. The first-order chi connectivity index (χ1) is 11.6. The first kappa shape index (κ1) is 16.8. The lowest BCUT2D eigenvalue weighted by Crippen LogP contribution is -2.28. The van der Waals surface area contributed by atoms with Crippen molar-refractivity contribution in [2.45, 2.75) is 19.8 Å². The zero-order valence-corrected chi connectivity index (χ0v) is 13.8. The average molecular weight is 340 g/mol. The van der Waals surface area contributed by atoms with Gasteiger partial charge in [-0.15, -0.1) is 4.52 Å². The standard InChI is InChI=1S/C18H15FN4O.H2O/c1-11(2)16-17-18(24)22(13-7-5-6-12(19)10-13)21-23(17)15-9-4-3-8-14(15)20-16;/h3-11H,1-2H3;1H2. The lowest BCUT2D eigenvalue weighted by molar-refractivity contribution is -0.556. The summed E-state index contributed by atoms with van der Waals surface area (Å²) in [6.07, 6.45) is 0. The van der Waals surface area contributed by atoms with E-state index in [4.69, 9.17) is 0 Å². The molecule has 7 heteroatoms. The summed E-state index contributed by atoms with van der Waals surface area (Å²) in [6.45, 7) is 3.99. The molecule has 4 rings (SSSR count). The average Bonchev–Trinajstić information content (AvgIpc) is 2.92. The number of hydrogen-bond acceptors (Lipinski definition) is 3. The molecule has 0 aliphatic heterocycles. The number of halogens is 1. The number of nitrogens with zero attached hydrogens (tertiary/aromatic N) is 3. The van der Waals surface area contributed by atoms with E-state index >= 15 is 0 Å². The molecule has 0 spiro atoms. The SMILES string of the molecule is CC(C)c1nc2ccccc2[n+]2[nH]n(-c3cccc(F)c3)c(=O)c12.[OH-]. The van der Waals surface area contributed by atoms with Gasteiger partial charge in [0, 0.05) is 12.0 Å². The van der Waals surface area contributed by atoms with E-state index in [-0.39, 0.29) is 17.0 Å². The molecule has 2 aromatic heterocycles. The van der Waals surface area contributed by atoms with Crippen molar-refractivity contribution < 1.29 is 14.4 Å². The summed E-state index contributed by atoms with van der Waals surface area (Å²) in [6, 6.07) is 13.5. The minimum atomic E-state index is -0.393. The first-order valence-corrected chi connectivity index (χ1v) is 7.77. The van der Waals surface area contributed by atoms with Gasteiger partial charge in [-0.2, -0.15) is 0 Å². The van der Waals surface area contributed by atoms with Gasteiger partial charge in [0.1, 0.15) is 17.0 Å². The van der Waals surface area contributed by atoms with Gasteiger partial charge in [-0.3, -0.25) is 0 Å². The smallest absolute Gasteiger partial charge is 0.408 e. The van der Waals surface area contributed by atoms with E-state index in [0.717, 1.165) is 11.0 Å². The minimum Gasteiger partial charge on any atom is -0.870 e. The molecule has 2 heterocycles. The molecule has 128 valence electrons. The maximum absolute atomic E-state index is 13.6. The number of aromatic amines is 1. The predicted octanol–water partition coefficient (Wildman–Crippen LogP) is 2.54. The number of hydrogen-bond donors (Lipinski definition) is 1. The van der Waals surface area contributed by atoms with Crippen molar-refractivity contribution in [1.29, 1.82) is 0 Å². The molecular formula is C18H17FN4O2. The van der Waals surface area contributed by atoms with Gasteiger partial charge in [0.25, 0.3) is 5.52 Å². The van der Waals surface area contributed by atoms with E-state index in [2.05, 4.69) is 10.2 Å². The van der Waals surface area contributed by atoms with E-state index in [0.29, 0.717) is 16.9 Å². The highest BCUT2D eigenvalue weighted by atomic mass is 19.1. The fourth-order valence-electron chi connectivity index (χ4n) is 2.92. The Balaban J connectivity index is 0.00000182. The molecule has 0 saturated heterocycles. The molecule has 0 aliphatic carbocycles. The molecule has 0 aliphatic rings. The summed E-state index contributed by atoms with van der Waals surface area (Å²) in [5.74, 6) is -0.316.